The van der Waals surface area contributed by atoms with Crippen LogP contribution in [0.15, 0.2) is 0 Å². The summed E-state index contributed by atoms with van der Waals surface area (Å²) in [5.74, 6) is 0.585. The van der Waals surface area contributed by atoms with Crippen molar-refractivity contribution in [1.82, 2.24) is 5.32 Å². The second-order valence-electron chi connectivity index (χ2n) is 3.59. The molecule has 1 atom stereocenters. The Morgan fingerprint density at radius 1 is 1.38 bits per heavy atom. The molecule has 0 bridgehead atoms. The van der Waals surface area contributed by atoms with Gasteiger partial charge in [0.2, 0.25) is 0 Å². The number of hydrogen-bond acceptors (Lipinski definition) is 3. The van der Waals surface area contributed by atoms with Crippen molar-refractivity contribution in [2.75, 3.05) is 25.1 Å². The molecule has 0 aliphatic carbocycles. The van der Waals surface area contributed by atoms with Gasteiger partial charge in [0.25, 0.3) is 0 Å². The lowest BCUT2D eigenvalue weighted by molar-refractivity contribution is 0.551. The number of alkyl halides is 1. The van der Waals surface area contributed by atoms with Crippen LogP contribution in [0.4, 0.5) is 0 Å². The van der Waals surface area contributed by atoms with E-state index in [1.54, 1.807) is 0 Å². The minimum absolute atomic E-state index is 0.0690. The summed E-state index contributed by atoms with van der Waals surface area (Å²) >= 11 is 5.95. The molecule has 1 unspecified atom stereocenters. The first-order chi connectivity index (χ1) is 5.83. The van der Waals surface area contributed by atoms with Gasteiger partial charge in [0, 0.05) is 24.7 Å². The Bertz CT molecular complexity index is 226. The van der Waals surface area contributed by atoms with Crippen LogP contribution in [0, 0.1) is 5.92 Å². The van der Waals surface area contributed by atoms with Crippen LogP contribution in [0.5, 0.6) is 0 Å². The second kappa shape index (κ2) is 5.83. The maximum atomic E-state index is 10.7. The van der Waals surface area contributed by atoms with Crippen LogP contribution in [0.2, 0.25) is 0 Å². The molecule has 0 radical (unpaired) electrons. The highest BCUT2D eigenvalue weighted by molar-refractivity contribution is 7.90. The van der Waals surface area contributed by atoms with Crippen molar-refractivity contribution in [3.63, 3.8) is 0 Å². The average Bonchev–Trinajstić information content (AvgIpc) is 1.95. The van der Waals surface area contributed by atoms with Crippen LogP contribution in [-0.2, 0) is 9.84 Å². The number of rotatable bonds is 6. The lowest BCUT2D eigenvalue weighted by atomic mass is 10.1. The standard InChI is InChI=1S/C8H18ClNO2S/c1-7(2)8(9)6-10-4-5-13(3,11)12/h7-8,10H,4-6H2,1-3H3. The van der Waals surface area contributed by atoms with E-state index in [4.69, 9.17) is 11.6 Å². The fourth-order valence-corrected chi connectivity index (χ4v) is 1.36. The van der Waals surface area contributed by atoms with Crippen LogP contribution in [0.25, 0.3) is 0 Å². The van der Waals surface area contributed by atoms with Gasteiger partial charge in [0.15, 0.2) is 0 Å². The Hall–Kier alpha value is 0.200. The number of nitrogens with one attached hydrogen (secondary N) is 1. The van der Waals surface area contributed by atoms with E-state index in [-0.39, 0.29) is 11.1 Å². The number of sulfone groups is 1. The van der Waals surface area contributed by atoms with Gasteiger partial charge in [-0.15, -0.1) is 11.6 Å². The van der Waals surface area contributed by atoms with E-state index in [9.17, 15) is 8.42 Å². The average molecular weight is 228 g/mol. The molecule has 3 nitrogen and oxygen atoms in total. The lowest BCUT2D eigenvalue weighted by Crippen LogP contribution is -2.30. The zero-order valence-electron chi connectivity index (χ0n) is 8.38. The predicted molar refractivity (Wildman–Crippen MR) is 57.1 cm³/mol. The van der Waals surface area contributed by atoms with E-state index in [0.29, 0.717) is 19.0 Å². The summed E-state index contributed by atoms with van der Waals surface area (Å²) < 4.78 is 21.5. The molecule has 0 fully saturated rings. The normalized spacial score (nSPS) is 14.8. The van der Waals surface area contributed by atoms with E-state index in [0.717, 1.165) is 0 Å². The fraction of sp³-hybridized carbons (Fsp3) is 1.00. The molecular weight excluding hydrogens is 210 g/mol. The van der Waals surface area contributed by atoms with Crippen molar-refractivity contribution in [1.29, 1.82) is 0 Å². The summed E-state index contributed by atoms with van der Waals surface area (Å²) in [6.07, 6.45) is 1.23. The smallest absolute Gasteiger partial charge is 0.148 e. The van der Waals surface area contributed by atoms with E-state index in [1.807, 2.05) is 13.8 Å². The maximum Gasteiger partial charge on any atom is 0.148 e. The van der Waals surface area contributed by atoms with Crippen LogP contribution >= 0.6 is 11.6 Å². The second-order valence-corrected chi connectivity index (χ2v) is 6.41. The van der Waals surface area contributed by atoms with E-state index in [1.165, 1.54) is 6.26 Å². The monoisotopic (exact) mass is 227 g/mol. The van der Waals surface area contributed by atoms with Gasteiger partial charge in [-0.3, -0.25) is 0 Å². The third-order valence-electron chi connectivity index (χ3n) is 1.71. The van der Waals surface area contributed by atoms with Crippen molar-refractivity contribution >= 4 is 21.4 Å². The summed E-state index contributed by atoms with van der Waals surface area (Å²) in [5, 5.41) is 3.08. The van der Waals surface area contributed by atoms with Crippen LogP contribution in [-0.4, -0.2) is 38.9 Å². The molecule has 0 rings (SSSR count). The molecule has 0 heterocycles. The first kappa shape index (κ1) is 13.2. The van der Waals surface area contributed by atoms with Gasteiger partial charge >= 0.3 is 0 Å². The molecule has 5 heteroatoms. The van der Waals surface area contributed by atoms with Gasteiger partial charge in [0.1, 0.15) is 9.84 Å². The van der Waals surface area contributed by atoms with Gasteiger partial charge in [-0.2, -0.15) is 0 Å². The number of hydrogen-bond donors (Lipinski definition) is 1. The van der Waals surface area contributed by atoms with Gasteiger partial charge in [-0.1, -0.05) is 13.8 Å². The molecule has 13 heavy (non-hydrogen) atoms. The van der Waals surface area contributed by atoms with Crippen molar-refractivity contribution in [2.45, 2.75) is 19.2 Å². The summed E-state index contributed by atoms with van der Waals surface area (Å²) in [6.45, 7) is 5.22. The lowest BCUT2D eigenvalue weighted by Gasteiger charge is -2.13. The highest BCUT2D eigenvalue weighted by atomic mass is 35.5. The Labute approximate surface area is 85.8 Å². The first-order valence-corrected chi connectivity index (χ1v) is 6.85. The molecular formula is C8H18ClNO2S. The molecule has 0 saturated carbocycles. The Morgan fingerprint density at radius 3 is 2.31 bits per heavy atom. The van der Waals surface area contributed by atoms with Gasteiger partial charge in [0.05, 0.1) is 5.75 Å². The Kier molecular flexibility index (Phi) is 5.92. The van der Waals surface area contributed by atoms with Gasteiger partial charge < -0.3 is 5.32 Å². The molecule has 0 aromatic heterocycles. The molecule has 0 saturated heterocycles. The molecule has 0 aromatic rings. The molecule has 0 spiro atoms. The van der Waals surface area contributed by atoms with Crippen LogP contribution in [0.3, 0.4) is 0 Å². The minimum atomic E-state index is -2.85. The van der Waals surface area contributed by atoms with Crippen molar-refractivity contribution in [2.24, 2.45) is 5.92 Å². The third kappa shape index (κ3) is 8.53. The molecule has 0 amide bonds. The molecule has 0 aliphatic heterocycles. The third-order valence-corrected chi connectivity index (χ3v) is 3.32. The van der Waals surface area contributed by atoms with Crippen molar-refractivity contribution < 1.29 is 8.42 Å². The van der Waals surface area contributed by atoms with Gasteiger partial charge in [-0.25, -0.2) is 8.42 Å². The molecule has 0 aliphatic rings. The highest BCUT2D eigenvalue weighted by Gasteiger charge is 2.08. The highest BCUT2D eigenvalue weighted by Crippen LogP contribution is 2.07. The summed E-state index contributed by atoms with van der Waals surface area (Å²) in [5.41, 5.74) is 0. The summed E-state index contributed by atoms with van der Waals surface area (Å²) in [6, 6.07) is 0. The Balaban J connectivity index is 3.47. The zero-order chi connectivity index (χ0) is 10.5. The SMILES string of the molecule is CC(C)C(Cl)CNCCS(C)(=O)=O. The topological polar surface area (TPSA) is 46.2 Å². The minimum Gasteiger partial charge on any atom is -0.314 e. The molecule has 0 aromatic carbocycles. The quantitative estimate of drug-likeness (QED) is 0.542. The largest absolute Gasteiger partial charge is 0.314 e. The number of halogens is 1. The van der Waals surface area contributed by atoms with E-state index < -0.39 is 9.84 Å². The van der Waals surface area contributed by atoms with Crippen molar-refractivity contribution in [3.8, 4) is 0 Å². The summed E-state index contributed by atoms with van der Waals surface area (Å²) in [4.78, 5) is 0. The summed E-state index contributed by atoms with van der Waals surface area (Å²) in [7, 11) is -2.85. The Morgan fingerprint density at radius 2 is 1.92 bits per heavy atom. The first-order valence-electron chi connectivity index (χ1n) is 4.35. The van der Waals surface area contributed by atoms with Gasteiger partial charge in [-0.05, 0) is 5.92 Å². The maximum absolute atomic E-state index is 10.7. The van der Waals surface area contributed by atoms with Crippen LogP contribution in [0.1, 0.15) is 13.8 Å². The van der Waals surface area contributed by atoms with E-state index in [2.05, 4.69) is 5.32 Å². The predicted octanol–water partition coefficient (Wildman–Crippen LogP) is 0.884. The molecule has 1 N–H and O–H groups in total. The zero-order valence-corrected chi connectivity index (χ0v) is 9.95. The van der Waals surface area contributed by atoms with Crippen LogP contribution < -0.4 is 5.32 Å². The van der Waals surface area contributed by atoms with Crippen molar-refractivity contribution in [3.05, 3.63) is 0 Å². The van der Waals surface area contributed by atoms with E-state index >= 15 is 0 Å². The molecule has 80 valence electrons. The fourth-order valence-electron chi connectivity index (χ4n) is 0.733.